The minimum atomic E-state index is 0.105. The Morgan fingerprint density at radius 3 is 2.44 bits per heavy atom. The topological polar surface area (TPSA) is 60.4 Å². The van der Waals surface area contributed by atoms with Gasteiger partial charge in [-0.15, -0.1) is 5.10 Å². The SMILES string of the molecule is Cc1ncc2oc(-c3ccc(CC(=O)Cc4ccc(Cl)c(Cl)c4)cc3)nn12. The third kappa shape index (κ3) is 3.75. The van der Waals surface area contributed by atoms with Gasteiger partial charge in [-0.05, 0) is 42.3 Å². The number of fused-ring (bicyclic) bond motifs is 1. The van der Waals surface area contributed by atoms with E-state index in [-0.39, 0.29) is 5.78 Å². The van der Waals surface area contributed by atoms with Crippen LogP contribution in [0.5, 0.6) is 0 Å². The smallest absolute Gasteiger partial charge is 0.246 e. The van der Waals surface area contributed by atoms with Crippen molar-refractivity contribution in [3.63, 3.8) is 0 Å². The Labute approximate surface area is 165 Å². The molecule has 136 valence electrons. The first kappa shape index (κ1) is 17.8. The monoisotopic (exact) mass is 399 g/mol. The number of halogens is 2. The van der Waals surface area contributed by atoms with Gasteiger partial charge in [-0.3, -0.25) is 4.79 Å². The Morgan fingerprint density at radius 2 is 1.74 bits per heavy atom. The minimum Gasteiger partial charge on any atom is -0.417 e. The normalized spacial score (nSPS) is 11.2. The zero-order valence-corrected chi connectivity index (χ0v) is 16.0. The summed E-state index contributed by atoms with van der Waals surface area (Å²) in [7, 11) is 0. The van der Waals surface area contributed by atoms with Crippen LogP contribution in [0.4, 0.5) is 0 Å². The zero-order valence-electron chi connectivity index (χ0n) is 14.4. The van der Waals surface area contributed by atoms with Crippen molar-refractivity contribution in [3.8, 4) is 11.5 Å². The summed E-state index contributed by atoms with van der Waals surface area (Å²) in [6.45, 7) is 1.86. The molecule has 4 rings (SSSR count). The van der Waals surface area contributed by atoms with Gasteiger partial charge in [-0.25, -0.2) is 4.98 Å². The van der Waals surface area contributed by atoms with E-state index in [1.165, 1.54) is 0 Å². The van der Waals surface area contributed by atoms with E-state index in [1.54, 1.807) is 22.8 Å². The quantitative estimate of drug-likeness (QED) is 0.475. The lowest BCUT2D eigenvalue weighted by molar-refractivity contribution is -0.117. The Bertz CT molecular complexity index is 1130. The van der Waals surface area contributed by atoms with E-state index < -0.39 is 0 Å². The lowest BCUT2D eigenvalue weighted by Gasteiger charge is -2.04. The number of hydrogen-bond donors (Lipinski definition) is 0. The van der Waals surface area contributed by atoms with E-state index in [2.05, 4.69) is 10.1 Å². The van der Waals surface area contributed by atoms with E-state index in [1.807, 2.05) is 37.3 Å². The van der Waals surface area contributed by atoms with E-state index in [0.717, 1.165) is 22.5 Å². The Hall–Kier alpha value is -2.63. The lowest BCUT2D eigenvalue weighted by atomic mass is 10.0. The summed E-state index contributed by atoms with van der Waals surface area (Å²) in [5.74, 6) is 1.39. The first-order valence-corrected chi connectivity index (χ1v) is 9.11. The van der Waals surface area contributed by atoms with Crippen molar-refractivity contribution in [2.24, 2.45) is 0 Å². The first-order chi connectivity index (χ1) is 13.0. The number of imidazole rings is 1. The van der Waals surface area contributed by atoms with Gasteiger partial charge in [0.2, 0.25) is 11.6 Å². The highest BCUT2D eigenvalue weighted by Gasteiger charge is 2.12. The predicted molar refractivity (Wildman–Crippen MR) is 104 cm³/mol. The molecule has 0 saturated heterocycles. The average Bonchev–Trinajstić information content (AvgIpc) is 3.21. The van der Waals surface area contributed by atoms with E-state index >= 15 is 0 Å². The number of carbonyl (C=O) groups is 1. The second kappa shape index (κ2) is 7.18. The third-order valence-electron chi connectivity index (χ3n) is 4.26. The number of Topliss-reactive ketones (excluding diaryl/α,β-unsaturated/α-hetero) is 1. The standard InChI is InChI=1S/C20H15Cl2N3O2/c1-12-23-11-19-25(12)24-20(27-19)15-5-2-13(3-6-15)8-16(26)9-14-4-7-17(21)18(22)10-14/h2-7,10-11H,8-9H2,1H3. The number of nitrogens with zero attached hydrogens (tertiary/aromatic N) is 3. The zero-order chi connectivity index (χ0) is 19.0. The molecule has 2 aromatic carbocycles. The number of aryl methyl sites for hydroxylation is 1. The van der Waals surface area contributed by atoms with Gasteiger partial charge in [0.15, 0.2) is 0 Å². The molecule has 0 atom stereocenters. The summed E-state index contributed by atoms with van der Waals surface area (Å²) in [5.41, 5.74) is 3.23. The van der Waals surface area contributed by atoms with Gasteiger partial charge in [-0.1, -0.05) is 41.4 Å². The van der Waals surface area contributed by atoms with Crippen LogP contribution in [0.1, 0.15) is 17.0 Å². The highest BCUT2D eigenvalue weighted by Crippen LogP contribution is 2.24. The van der Waals surface area contributed by atoms with E-state index in [4.69, 9.17) is 27.6 Å². The second-order valence-electron chi connectivity index (χ2n) is 6.30. The minimum absolute atomic E-state index is 0.105. The highest BCUT2D eigenvalue weighted by atomic mass is 35.5. The van der Waals surface area contributed by atoms with Gasteiger partial charge in [-0.2, -0.15) is 4.52 Å². The van der Waals surface area contributed by atoms with Crippen molar-refractivity contribution < 1.29 is 9.21 Å². The molecular weight excluding hydrogens is 385 g/mol. The molecule has 0 aliphatic heterocycles. The van der Waals surface area contributed by atoms with Crippen molar-refractivity contribution in [3.05, 3.63) is 75.7 Å². The van der Waals surface area contributed by atoms with Crippen molar-refractivity contribution in [1.29, 1.82) is 0 Å². The first-order valence-electron chi connectivity index (χ1n) is 8.36. The molecule has 0 aliphatic carbocycles. The Morgan fingerprint density at radius 1 is 1.04 bits per heavy atom. The van der Waals surface area contributed by atoms with Crippen molar-refractivity contribution in [2.45, 2.75) is 19.8 Å². The molecule has 2 heterocycles. The summed E-state index contributed by atoms with van der Waals surface area (Å²) >= 11 is 11.9. The summed E-state index contributed by atoms with van der Waals surface area (Å²) in [6.07, 6.45) is 2.30. The summed E-state index contributed by atoms with van der Waals surface area (Å²) in [5, 5.41) is 5.34. The van der Waals surface area contributed by atoms with Crippen LogP contribution in [0.3, 0.4) is 0 Å². The maximum Gasteiger partial charge on any atom is 0.246 e. The van der Waals surface area contributed by atoms with Gasteiger partial charge < -0.3 is 4.42 Å². The van der Waals surface area contributed by atoms with Crippen LogP contribution < -0.4 is 0 Å². The number of ketones is 1. The van der Waals surface area contributed by atoms with Gasteiger partial charge >= 0.3 is 0 Å². The molecule has 5 nitrogen and oxygen atoms in total. The number of rotatable bonds is 5. The number of aromatic nitrogens is 3. The lowest BCUT2D eigenvalue weighted by Crippen LogP contribution is -2.06. The van der Waals surface area contributed by atoms with Crippen LogP contribution in [0.25, 0.3) is 17.2 Å². The molecular formula is C20H15Cl2N3O2. The Kier molecular flexibility index (Phi) is 4.72. The van der Waals surface area contributed by atoms with E-state index in [0.29, 0.717) is 34.5 Å². The van der Waals surface area contributed by atoms with Gasteiger partial charge in [0.1, 0.15) is 11.6 Å². The molecule has 0 bridgehead atoms. The fraction of sp³-hybridized carbons (Fsp3) is 0.150. The van der Waals surface area contributed by atoms with Crippen molar-refractivity contribution in [2.75, 3.05) is 0 Å². The molecule has 0 amide bonds. The molecule has 0 unspecified atom stereocenters. The molecule has 4 aromatic rings. The maximum absolute atomic E-state index is 12.3. The molecule has 0 radical (unpaired) electrons. The summed E-state index contributed by atoms with van der Waals surface area (Å²) < 4.78 is 7.35. The molecule has 0 saturated carbocycles. The highest BCUT2D eigenvalue weighted by molar-refractivity contribution is 6.42. The van der Waals surface area contributed by atoms with Crippen LogP contribution in [0, 0.1) is 6.92 Å². The van der Waals surface area contributed by atoms with Crippen LogP contribution in [-0.4, -0.2) is 20.4 Å². The molecule has 0 fully saturated rings. The van der Waals surface area contributed by atoms with E-state index in [9.17, 15) is 4.79 Å². The van der Waals surface area contributed by atoms with Crippen LogP contribution >= 0.6 is 23.2 Å². The largest absolute Gasteiger partial charge is 0.417 e. The van der Waals surface area contributed by atoms with Crippen LogP contribution in [-0.2, 0) is 17.6 Å². The summed E-state index contributed by atoms with van der Waals surface area (Å²) in [4.78, 5) is 16.5. The van der Waals surface area contributed by atoms with Crippen LogP contribution in [0.2, 0.25) is 10.0 Å². The fourth-order valence-corrected chi connectivity index (χ4v) is 3.19. The maximum atomic E-state index is 12.3. The fourth-order valence-electron chi connectivity index (χ4n) is 2.87. The van der Waals surface area contributed by atoms with Gasteiger partial charge in [0.05, 0.1) is 16.2 Å². The Balaban J connectivity index is 1.45. The number of carbonyl (C=O) groups excluding carboxylic acids is 1. The van der Waals surface area contributed by atoms with Crippen molar-refractivity contribution in [1.82, 2.24) is 14.6 Å². The molecule has 0 N–H and O–H groups in total. The molecule has 27 heavy (non-hydrogen) atoms. The predicted octanol–water partition coefficient (Wildman–Crippen LogP) is 4.96. The molecule has 0 aliphatic rings. The van der Waals surface area contributed by atoms with Gasteiger partial charge in [0, 0.05) is 18.4 Å². The summed E-state index contributed by atoms with van der Waals surface area (Å²) in [6, 6.07) is 12.9. The second-order valence-corrected chi connectivity index (χ2v) is 7.11. The van der Waals surface area contributed by atoms with Crippen molar-refractivity contribution >= 4 is 34.7 Å². The number of benzene rings is 2. The molecule has 0 spiro atoms. The molecule has 2 aromatic heterocycles. The number of hydrogen-bond acceptors (Lipinski definition) is 4. The third-order valence-corrected chi connectivity index (χ3v) is 5.00. The van der Waals surface area contributed by atoms with Gasteiger partial charge in [0.25, 0.3) is 0 Å². The molecule has 7 heteroatoms. The average molecular weight is 400 g/mol. The van der Waals surface area contributed by atoms with Crippen LogP contribution in [0.15, 0.2) is 53.1 Å².